The molecule has 0 radical (unpaired) electrons. The highest BCUT2D eigenvalue weighted by molar-refractivity contribution is 9.10. The van der Waals surface area contributed by atoms with Crippen LogP contribution in [0.25, 0.3) is 0 Å². The van der Waals surface area contributed by atoms with Crippen molar-refractivity contribution in [2.24, 2.45) is 0 Å². The van der Waals surface area contributed by atoms with Gasteiger partial charge in [0, 0.05) is 16.2 Å². The van der Waals surface area contributed by atoms with E-state index in [2.05, 4.69) is 20.9 Å². The minimum atomic E-state index is -5.24. The normalized spacial score (nSPS) is 12.6. The summed E-state index contributed by atoms with van der Waals surface area (Å²) in [6, 6.07) is 0.0555. The first kappa shape index (κ1) is 13.9. The zero-order valence-electron chi connectivity index (χ0n) is 7.66. The van der Waals surface area contributed by atoms with E-state index in [1.54, 1.807) is 0 Å². The molecule has 0 atom stereocenters. The third-order valence-corrected chi connectivity index (χ3v) is 2.28. The first-order chi connectivity index (χ1) is 7.53. The monoisotopic (exact) mass is 321 g/mol. The summed E-state index contributed by atoms with van der Waals surface area (Å²) in [5, 5.41) is 0. The molecule has 0 aliphatic rings. The van der Waals surface area contributed by atoms with Gasteiger partial charge in [-0.25, -0.2) is 0 Å². The van der Waals surface area contributed by atoms with Gasteiger partial charge in [0.1, 0.15) is 5.69 Å². The Morgan fingerprint density at radius 3 is 2.12 bits per heavy atom. The number of hydrogen-bond donors (Lipinski definition) is 0. The molecular weight excluding hydrogens is 320 g/mol. The minimum absolute atomic E-state index is 0.0555. The van der Waals surface area contributed by atoms with Crippen molar-refractivity contribution in [3.8, 4) is 0 Å². The second-order valence-electron chi connectivity index (χ2n) is 2.87. The van der Waals surface area contributed by atoms with Crippen LogP contribution in [0.5, 0.6) is 0 Å². The number of alkyl halides is 6. The fourth-order valence-corrected chi connectivity index (χ4v) is 1.32. The summed E-state index contributed by atoms with van der Waals surface area (Å²) >= 11 is 2.54. The van der Waals surface area contributed by atoms with Gasteiger partial charge in [0.25, 0.3) is 5.78 Å². The number of carbonyl (C=O) groups is 1. The molecule has 0 bridgehead atoms. The molecule has 17 heavy (non-hydrogen) atoms. The van der Waals surface area contributed by atoms with Gasteiger partial charge >= 0.3 is 12.4 Å². The van der Waals surface area contributed by atoms with Gasteiger partial charge in [-0.2, -0.15) is 26.3 Å². The van der Waals surface area contributed by atoms with Crippen LogP contribution in [0.2, 0.25) is 0 Å². The third-order valence-electron chi connectivity index (χ3n) is 1.65. The van der Waals surface area contributed by atoms with Crippen LogP contribution in [-0.2, 0) is 6.18 Å². The molecule has 0 fully saturated rings. The van der Waals surface area contributed by atoms with E-state index in [0.29, 0.717) is 6.20 Å². The van der Waals surface area contributed by atoms with Crippen molar-refractivity contribution in [1.82, 2.24) is 4.98 Å². The summed E-state index contributed by atoms with van der Waals surface area (Å²) in [5.41, 5.74) is -2.69. The Labute approximate surface area is 98.8 Å². The van der Waals surface area contributed by atoms with Crippen molar-refractivity contribution in [3.63, 3.8) is 0 Å². The molecule has 9 heteroatoms. The lowest BCUT2D eigenvalue weighted by Gasteiger charge is -2.10. The maximum absolute atomic E-state index is 12.2. The Morgan fingerprint density at radius 1 is 1.18 bits per heavy atom. The summed E-state index contributed by atoms with van der Waals surface area (Å²) in [7, 11) is 0. The number of rotatable bonds is 1. The fourth-order valence-electron chi connectivity index (χ4n) is 0.920. The standard InChI is InChI=1S/C8H2BrF6NO/c9-4-2-16-5(7(10,11)12)1-3(4)6(17)8(13,14)15/h1-2H. The molecule has 0 aliphatic heterocycles. The molecule has 1 aromatic rings. The molecule has 94 valence electrons. The maximum atomic E-state index is 12.2. The first-order valence-electron chi connectivity index (χ1n) is 3.87. The Kier molecular flexibility index (Phi) is 3.51. The van der Waals surface area contributed by atoms with Crippen LogP contribution in [0.3, 0.4) is 0 Å². The number of aromatic nitrogens is 1. The van der Waals surface area contributed by atoms with E-state index >= 15 is 0 Å². The van der Waals surface area contributed by atoms with Gasteiger partial charge < -0.3 is 0 Å². The molecular formula is C8H2BrF6NO. The van der Waals surface area contributed by atoms with Crippen molar-refractivity contribution in [2.75, 3.05) is 0 Å². The second kappa shape index (κ2) is 4.28. The topological polar surface area (TPSA) is 30.0 Å². The van der Waals surface area contributed by atoms with Crippen molar-refractivity contribution in [2.45, 2.75) is 12.4 Å². The number of ketones is 1. The summed E-state index contributed by atoms with van der Waals surface area (Å²) in [5.74, 6) is -2.36. The maximum Gasteiger partial charge on any atom is 0.454 e. The average Bonchev–Trinajstić information content (AvgIpc) is 2.14. The summed E-state index contributed by atoms with van der Waals surface area (Å²) in [4.78, 5) is 13.7. The molecule has 0 N–H and O–H groups in total. The van der Waals surface area contributed by atoms with Gasteiger partial charge in [-0.1, -0.05) is 0 Å². The molecule has 0 unspecified atom stereocenters. The molecule has 1 aromatic heterocycles. The van der Waals surface area contributed by atoms with Crippen LogP contribution in [-0.4, -0.2) is 16.9 Å². The zero-order chi connectivity index (χ0) is 13.4. The summed E-state index contributed by atoms with van der Waals surface area (Å²) in [6.07, 6.45) is -9.66. The lowest BCUT2D eigenvalue weighted by Crippen LogP contribution is -2.24. The van der Waals surface area contributed by atoms with E-state index in [9.17, 15) is 31.1 Å². The first-order valence-corrected chi connectivity index (χ1v) is 4.67. The van der Waals surface area contributed by atoms with E-state index < -0.39 is 33.9 Å². The van der Waals surface area contributed by atoms with Crippen molar-refractivity contribution in [3.05, 3.63) is 28.0 Å². The van der Waals surface area contributed by atoms with Crippen LogP contribution < -0.4 is 0 Å². The fraction of sp³-hybridized carbons (Fsp3) is 0.250. The molecule has 0 amide bonds. The number of Topliss-reactive ketones (excluding diaryl/α,β-unsaturated/α-hetero) is 1. The van der Waals surface area contributed by atoms with Gasteiger partial charge in [-0.15, -0.1) is 0 Å². The van der Waals surface area contributed by atoms with Gasteiger partial charge in [0.05, 0.1) is 0 Å². The highest BCUT2D eigenvalue weighted by Crippen LogP contribution is 2.32. The molecule has 0 saturated carbocycles. The Bertz CT molecular complexity index is 452. The zero-order valence-corrected chi connectivity index (χ0v) is 9.24. The van der Waals surface area contributed by atoms with Crippen LogP contribution >= 0.6 is 15.9 Å². The predicted molar refractivity (Wildman–Crippen MR) is 47.3 cm³/mol. The molecule has 0 spiro atoms. The van der Waals surface area contributed by atoms with Crippen LogP contribution in [0.15, 0.2) is 16.7 Å². The minimum Gasteiger partial charge on any atom is -0.284 e. The lowest BCUT2D eigenvalue weighted by molar-refractivity contribution is -0.141. The van der Waals surface area contributed by atoms with E-state index in [1.165, 1.54) is 0 Å². The molecule has 1 heterocycles. The van der Waals surface area contributed by atoms with Crippen LogP contribution in [0.1, 0.15) is 16.1 Å². The Morgan fingerprint density at radius 2 is 1.71 bits per heavy atom. The number of pyridine rings is 1. The highest BCUT2D eigenvalue weighted by Gasteiger charge is 2.42. The van der Waals surface area contributed by atoms with Crippen molar-refractivity contribution in [1.29, 1.82) is 0 Å². The van der Waals surface area contributed by atoms with Crippen LogP contribution in [0, 0.1) is 0 Å². The van der Waals surface area contributed by atoms with Gasteiger partial charge in [0.15, 0.2) is 0 Å². The Balaban J connectivity index is 3.30. The number of halogens is 7. The van der Waals surface area contributed by atoms with Gasteiger partial charge in [0.2, 0.25) is 0 Å². The van der Waals surface area contributed by atoms with Gasteiger partial charge in [-0.05, 0) is 22.0 Å². The highest BCUT2D eigenvalue weighted by atomic mass is 79.9. The smallest absolute Gasteiger partial charge is 0.284 e. The molecule has 2 nitrogen and oxygen atoms in total. The van der Waals surface area contributed by atoms with E-state index in [-0.39, 0.29) is 6.07 Å². The summed E-state index contributed by atoms with van der Waals surface area (Å²) in [6.45, 7) is 0. The summed E-state index contributed by atoms with van der Waals surface area (Å²) < 4.78 is 72.3. The quantitative estimate of drug-likeness (QED) is 0.584. The van der Waals surface area contributed by atoms with Crippen molar-refractivity contribution < 1.29 is 31.1 Å². The van der Waals surface area contributed by atoms with Gasteiger partial charge in [-0.3, -0.25) is 9.78 Å². The number of nitrogens with zero attached hydrogens (tertiary/aromatic N) is 1. The van der Waals surface area contributed by atoms with E-state index in [1.807, 2.05) is 0 Å². The van der Waals surface area contributed by atoms with E-state index in [4.69, 9.17) is 0 Å². The van der Waals surface area contributed by atoms with Crippen LogP contribution in [0.4, 0.5) is 26.3 Å². The third kappa shape index (κ3) is 3.18. The average molecular weight is 322 g/mol. The largest absolute Gasteiger partial charge is 0.454 e. The molecule has 0 saturated heterocycles. The lowest BCUT2D eigenvalue weighted by atomic mass is 10.1. The number of carbonyl (C=O) groups excluding carboxylic acids is 1. The molecule has 0 aromatic carbocycles. The SMILES string of the molecule is O=C(c1cc(C(F)(F)F)ncc1Br)C(F)(F)F. The molecule has 1 rings (SSSR count). The number of hydrogen-bond acceptors (Lipinski definition) is 2. The van der Waals surface area contributed by atoms with E-state index in [0.717, 1.165) is 0 Å². The second-order valence-corrected chi connectivity index (χ2v) is 3.73. The molecule has 0 aliphatic carbocycles. The predicted octanol–water partition coefficient (Wildman–Crippen LogP) is 3.61. The Hall–Kier alpha value is -1.12. The van der Waals surface area contributed by atoms with Crippen molar-refractivity contribution >= 4 is 21.7 Å².